The average Bonchev–Trinajstić information content (AvgIpc) is 2.28. The standard InChI is InChI=1S/C12H25NO3S/c1-10(2)17(15,16)8-7-12(9-13)6-4-3-5-11(12)14/h10-11,14H,3-9,13H2,1-2H3. The molecule has 17 heavy (non-hydrogen) atoms. The van der Waals surface area contributed by atoms with E-state index in [0.29, 0.717) is 13.0 Å². The summed E-state index contributed by atoms with van der Waals surface area (Å²) in [5.74, 6) is 0.138. The van der Waals surface area contributed by atoms with E-state index in [-0.39, 0.29) is 16.4 Å². The Morgan fingerprint density at radius 3 is 2.53 bits per heavy atom. The minimum Gasteiger partial charge on any atom is -0.393 e. The lowest BCUT2D eigenvalue weighted by Crippen LogP contribution is -2.45. The summed E-state index contributed by atoms with van der Waals surface area (Å²) in [5, 5.41) is 9.73. The van der Waals surface area contributed by atoms with Gasteiger partial charge in [-0.3, -0.25) is 0 Å². The van der Waals surface area contributed by atoms with Crippen LogP contribution >= 0.6 is 0 Å². The van der Waals surface area contributed by atoms with Crippen LogP contribution in [0.15, 0.2) is 0 Å². The lowest BCUT2D eigenvalue weighted by molar-refractivity contribution is -0.00803. The van der Waals surface area contributed by atoms with Crippen LogP contribution in [0.1, 0.15) is 46.0 Å². The molecule has 0 radical (unpaired) electrons. The van der Waals surface area contributed by atoms with E-state index in [9.17, 15) is 13.5 Å². The summed E-state index contributed by atoms with van der Waals surface area (Å²) < 4.78 is 23.6. The number of aliphatic hydroxyl groups is 1. The summed E-state index contributed by atoms with van der Waals surface area (Å²) in [6.07, 6.45) is 3.70. The van der Waals surface area contributed by atoms with Crippen molar-refractivity contribution in [1.29, 1.82) is 0 Å². The maximum atomic E-state index is 11.8. The highest BCUT2D eigenvalue weighted by molar-refractivity contribution is 7.91. The molecule has 2 unspecified atom stereocenters. The Balaban J connectivity index is 2.70. The first-order valence-corrected chi connectivity index (χ1v) is 8.15. The van der Waals surface area contributed by atoms with Gasteiger partial charge >= 0.3 is 0 Å². The summed E-state index contributed by atoms with van der Waals surface area (Å²) in [5.41, 5.74) is 5.40. The summed E-state index contributed by atoms with van der Waals surface area (Å²) in [7, 11) is -3.04. The van der Waals surface area contributed by atoms with Crippen molar-refractivity contribution in [3.63, 3.8) is 0 Å². The number of sulfone groups is 1. The van der Waals surface area contributed by atoms with Gasteiger partial charge in [-0.1, -0.05) is 12.8 Å². The van der Waals surface area contributed by atoms with Crippen LogP contribution in [-0.4, -0.2) is 37.2 Å². The third-order valence-corrected chi connectivity index (χ3v) is 6.33. The van der Waals surface area contributed by atoms with Crippen molar-refractivity contribution in [3.8, 4) is 0 Å². The normalized spacial score (nSPS) is 30.8. The Kier molecular flexibility index (Phi) is 4.98. The van der Waals surface area contributed by atoms with Gasteiger partial charge in [-0.25, -0.2) is 8.42 Å². The molecule has 0 spiro atoms. The van der Waals surface area contributed by atoms with Crippen molar-refractivity contribution < 1.29 is 13.5 Å². The van der Waals surface area contributed by atoms with Gasteiger partial charge in [-0.05, 0) is 33.1 Å². The molecule has 102 valence electrons. The van der Waals surface area contributed by atoms with E-state index in [1.165, 1.54) is 0 Å². The van der Waals surface area contributed by atoms with Gasteiger partial charge in [0, 0.05) is 12.0 Å². The lowest BCUT2D eigenvalue weighted by Gasteiger charge is -2.40. The molecule has 1 aliphatic carbocycles. The van der Waals surface area contributed by atoms with Crippen molar-refractivity contribution in [1.82, 2.24) is 0 Å². The van der Waals surface area contributed by atoms with Crippen LogP contribution in [0.4, 0.5) is 0 Å². The van der Waals surface area contributed by atoms with E-state index in [1.54, 1.807) is 13.8 Å². The van der Waals surface area contributed by atoms with E-state index in [2.05, 4.69) is 0 Å². The molecule has 0 aromatic carbocycles. The van der Waals surface area contributed by atoms with Crippen molar-refractivity contribution in [2.45, 2.75) is 57.3 Å². The molecule has 0 heterocycles. The third kappa shape index (κ3) is 3.42. The summed E-state index contributed by atoms with van der Waals surface area (Å²) >= 11 is 0. The molecule has 1 saturated carbocycles. The molecule has 0 aromatic heterocycles. The highest BCUT2D eigenvalue weighted by atomic mass is 32.2. The van der Waals surface area contributed by atoms with Crippen molar-refractivity contribution >= 4 is 9.84 Å². The molecule has 0 amide bonds. The monoisotopic (exact) mass is 263 g/mol. The molecule has 0 aliphatic heterocycles. The molecular formula is C12H25NO3S. The van der Waals surface area contributed by atoms with Crippen LogP contribution in [0.2, 0.25) is 0 Å². The molecule has 1 fully saturated rings. The fourth-order valence-corrected chi connectivity index (χ4v) is 3.66. The van der Waals surface area contributed by atoms with Gasteiger partial charge in [0.1, 0.15) is 0 Å². The first-order chi connectivity index (χ1) is 7.84. The molecule has 4 nitrogen and oxygen atoms in total. The Morgan fingerprint density at radius 2 is 2.06 bits per heavy atom. The predicted octanol–water partition coefficient (Wildman–Crippen LogP) is 1.08. The van der Waals surface area contributed by atoms with Gasteiger partial charge in [0.05, 0.1) is 17.1 Å². The highest BCUT2D eigenvalue weighted by Gasteiger charge is 2.39. The Bertz CT molecular complexity index is 340. The molecule has 0 bridgehead atoms. The second kappa shape index (κ2) is 5.67. The van der Waals surface area contributed by atoms with Gasteiger partial charge < -0.3 is 10.8 Å². The summed E-state index contributed by atoms with van der Waals surface area (Å²) in [4.78, 5) is 0. The van der Waals surface area contributed by atoms with Gasteiger partial charge in [0.25, 0.3) is 0 Å². The number of aliphatic hydroxyl groups excluding tert-OH is 1. The average molecular weight is 263 g/mol. The largest absolute Gasteiger partial charge is 0.393 e. The molecule has 2 atom stereocenters. The third-order valence-electron chi connectivity index (χ3n) is 4.12. The predicted molar refractivity (Wildman–Crippen MR) is 69.5 cm³/mol. The van der Waals surface area contributed by atoms with Crippen LogP contribution in [0.5, 0.6) is 0 Å². The Labute approximate surface area is 105 Å². The Hall–Kier alpha value is -0.130. The summed E-state index contributed by atoms with van der Waals surface area (Å²) in [6.45, 7) is 3.77. The fraction of sp³-hybridized carbons (Fsp3) is 1.00. The van der Waals surface area contributed by atoms with E-state index in [0.717, 1.165) is 25.7 Å². The number of hydrogen-bond acceptors (Lipinski definition) is 4. The maximum Gasteiger partial charge on any atom is 0.152 e. The van der Waals surface area contributed by atoms with Gasteiger partial charge in [-0.15, -0.1) is 0 Å². The fourth-order valence-electron chi connectivity index (χ4n) is 2.50. The summed E-state index contributed by atoms with van der Waals surface area (Å²) in [6, 6.07) is 0. The van der Waals surface area contributed by atoms with E-state index in [1.807, 2.05) is 0 Å². The zero-order valence-corrected chi connectivity index (χ0v) is 11.7. The SMILES string of the molecule is CC(C)S(=O)(=O)CCC1(CN)CCCCC1O. The molecule has 0 aromatic rings. The Morgan fingerprint density at radius 1 is 1.41 bits per heavy atom. The quantitative estimate of drug-likeness (QED) is 0.778. The second-order valence-electron chi connectivity index (χ2n) is 5.49. The van der Waals surface area contributed by atoms with E-state index in [4.69, 9.17) is 5.73 Å². The number of hydrogen-bond donors (Lipinski definition) is 2. The van der Waals surface area contributed by atoms with Crippen molar-refractivity contribution in [2.24, 2.45) is 11.1 Å². The minimum absolute atomic E-state index is 0.138. The van der Waals surface area contributed by atoms with Crippen LogP contribution < -0.4 is 5.73 Å². The number of nitrogens with two attached hydrogens (primary N) is 1. The first-order valence-electron chi connectivity index (χ1n) is 6.44. The number of rotatable bonds is 5. The topological polar surface area (TPSA) is 80.4 Å². The lowest BCUT2D eigenvalue weighted by atomic mass is 9.70. The molecule has 1 aliphatic rings. The first kappa shape index (κ1) is 14.9. The molecule has 1 rings (SSSR count). The zero-order valence-electron chi connectivity index (χ0n) is 10.9. The highest BCUT2D eigenvalue weighted by Crippen LogP contribution is 2.39. The van der Waals surface area contributed by atoms with E-state index >= 15 is 0 Å². The minimum atomic E-state index is -3.04. The van der Waals surface area contributed by atoms with Crippen molar-refractivity contribution in [2.75, 3.05) is 12.3 Å². The van der Waals surface area contributed by atoms with Gasteiger partial charge in [0.2, 0.25) is 0 Å². The van der Waals surface area contributed by atoms with Gasteiger partial charge in [-0.2, -0.15) is 0 Å². The van der Waals surface area contributed by atoms with E-state index < -0.39 is 15.9 Å². The molecule has 0 saturated heterocycles. The van der Waals surface area contributed by atoms with Crippen molar-refractivity contribution in [3.05, 3.63) is 0 Å². The van der Waals surface area contributed by atoms with Crippen LogP contribution in [0.3, 0.4) is 0 Å². The maximum absolute atomic E-state index is 11.8. The molecular weight excluding hydrogens is 238 g/mol. The molecule has 5 heteroatoms. The van der Waals surface area contributed by atoms with Crippen LogP contribution in [-0.2, 0) is 9.84 Å². The van der Waals surface area contributed by atoms with Gasteiger partial charge in [0.15, 0.2) is 9.84 Å². The zero-order chi connectivity index (χ0) is 13.1. The van der Waals surface area contributed by atoms with Crippen LogP contribution in [0, 0.1) is 5.41 Å². The smallest absolute Gasteiger partial charge is 0.152 e. The second-order valence-corrected chi connectivity index (χ2v) is 8.17. The van der Waals surface area contributed by atoms with Crippen LogP contribution in [0.25, 0.3) is 0 Å². The molecule has 3 N–H and O–H groups in total.